The molecule has 1 aromatic heterocycles. The third-order valence-corrected chi connectivity index (χ3v) is 9.58. The molecule has 4 fully saturated rings. The van der Waals surface area contributed by atoms with Gasteiger partial charge in [-0.2, -0.15) is 5.10 Å². The lowest BCUT2D eigenvalue weighted by Gasteiger charge is -2.60. The summed E-state index contributed by atoms with van der Waals surface area (Å²) in [4.78, 5) is 0. The fraction of sp³-hybridized carbons (Fsp3) is 0.792. The molecule has 0 saturated heterocycles. The van der Waals surface area contributed by atoms with Gasteiger partial charge in [0.15, 0.2) is 0 Å². The summed E-state index contributed by atoms with van der Waals surface area (Å²) in [5, 5.41) is 25.8. The zero-order valence-electron chi connectivity index (χ0n) is 17.6. The molecular weight excluding hydrogens is 348 g/mol. The molecule has 4 aliphatic rings. The van der Waals surface area contributed by atoms with Crippen LogP contribution in [0.25, 0.3) is 6.08 Å². The maximum Gasteiger partial charge on any atom is 0.0809 e. The van der Waals surface area contributed by atoms with E-state index in [0.29, 0.717) is 17.3 Å². The summed E-state index contributed by atoms with van der Waals surface area (Å²) in [6.07, 6.45) is 14.9. The second-order valence-corrected chi connectivity index (χ2v) is 10.9. The molecular formula is C24H36N2O2. The summed E-state index contributed by atoms with van der Waals surface area (Å²) >= 11 is 0. The number of nitrogens with zero attached hydrogens (tertiary/aromatic N) is 2. The van der Waals surface area contributed by atoms with Crippen molar-refractivity contribution in [2.75, 3.05) is 0 Å². The van der Waals surface area contributed by atoms with Crippen LogP contribution in [0.15, 0.2) is 18.0 Å². The summed E-state index contributed by atoms with van der Waals surface area (Å²) in [5.41, 5.74) is 2.73. The Kier molecular flexibility index (Phi) is 4.34. The van der Waals surface area contributed by atoms with Gasteiger partial charge in [-0.25, -0.2) is 0 Å². The van der Waals surface area contributed by atoms with E-state index in [1.54, 1.807) is 0 Å². The van der Waals surface area contributed by atoms with Crippen LogP contribution in [0, 0.1) is 34.5 Å². The Balaban J connectivity index is 1.44. The Bertz CT molecular complexity index is 785. The average molecular weight is 385 g/mol. The molecule has 4 aliphatic carbocycles. The monoisotopic (exact) mass is 384 g/mol. The number of hydrogen-bond acceptors (Lipinski definition) is 3. The molecule has 0 amide bonds. The van der Waals surface area contributed by atoms with Crippen LogP contribution in [0.3, 0.4) is 0 Å². The first kappa shape index (κ1) is 18.9. The van der Waals surface area contributed by atoms with Crippen LogP contribution in [0.1, 0.15) is 70.8 Å². The summed E-state index contributed by atoms with van der Waals surface area (Å²) in [6, 6.07) is 0. The number of aryl methyl sites for hydroxylation is 1. The van der Waals surface area contributed by atoms with E-state index in [-0.39, 0.29) is 17.6 Å². The van der Waals surface area contributed by atoms with Gasteiger partial charge < -0.3 is 10.2 Å². The summed E-state index contributed by atoms with van der Waals surface area (Å²) in [7, 11) is 1.94. The molecule has 0 unspecified atom stereocenters. The lowest BCUT2D eigenvalue weighted by Crippen LogP contribution is -2.54. The highest BCUT2D eigenvalue weighted by Crippen LogP contribution is 2.67. The number of fused-ring (bicyclic) bond motifs is 5. The number of hydrogen-bond donors (Lipinski definition) is 2. The molecule has 0 spiro atoms. The van der Waals surface area contributed by atoms with Gasteiger partial charge in [-0.15, -0.1) is 0 Å². The van der Waals surface area contributed by atoms with Crippen LogP contribution in [0.4, 0.5) is 0 Å². The Morgan fingerprint density at radius 3 is 2.61 bits per heavy atom. The third-order valence-electron chi connectivity index (χ3n) is 9.58. The molecule has 0 bridgehead atoms. The van der Waals surface area contributed by atoms with E-state index in [9.17, 15) is 10.2 Å². The van der Waals surface area contributed by atoms with E-state index < -0.39 is 0 Å². The van der Waals surface area contributed by atoms with Gasteiger partial charge >= 0.3 is 0 Å². The number of aromatic nitrogens is 2. The number of aliphatic hydroxyl groups excluding tert-OH is 2. The molecule has 5 rings (SSSR count). The predicted octanol–water partition coefficient (Wildman–Crippen LogP) is 4.18. The second-order valence-electron chi connectivity index (χ2n) is 10.9. The number of aliphatic hydroxyl groups is 2. The quantitative estimate of drug-likeness (QED) is 0.764. The minimum atomic E-state index is -0.322. The van der Waals surface area contributed by atoms with Crippen LogP contribution in [0.5, 0.6) is 0 Å². The zero-order chi connectivity index (χ0) is 19.7. The standard InChI is InChI=1S/C24H36N2O2/c1-23-8-6-18(27)12-17(23)4-5-19-20(23)7-9-24(2)21(19)11-16(22(24)28)10-15-13-25-26(3)14-15/h10,13-14,17-22,27-28H,4-9,11-12H2,1-3H3/b16-10-/t17-,18+,19-,20+,21+,22-,23+,24+/m1/s1. The van der Waals surface area contributed by atoms with Crippen molar-refractivity contribution in [1.82, 2.24) is 9.78 Å². The molecule has 28 heavy (non-hydrogen) atoms. The van der Waals surface area contributed by atoms with Gasteiger partial charge in [0, 0.05) is 24.2 Å². The molecule has 154 valence electrons. The van der Waals surface area contributed by atoms with Crippen LogP contribution in [0.2, 0.25) is 0 Å². The minimum absolute atomic E-state index is 0.0204. The van der Waals surface area contributed by atoms with Crippen LogP contribution in [-0.2, 0) is 7.05 Å². The van der Waals surface area contributed by atoms with E-state index in [4.69, 9.17) is 0 Å². The number of rotatable bonds is 1. The molecule has 4 saturated carbocycles. The van der Waals surface area contributed by atoms with Crippen molar-refractivity contribution in [1.29, 1.82) is 0 Å². The van der Waals surface area contributed by atoms with Gasteiger partial charge in [0.1, 0.15) is 0 Å². The highest BCUT2D eigenvalue weighted by Gasteiger charge is 2.61. The van der Waals surface area contributed by atoms with Crippen molar-refractivity contribution in [3.05, 3.63) is 23.5 Å². The third kappa shape index (κ3) is 2.67. The Hall–Kier alpha value is -1.13. The van der Waals surface area contributed by atoms with E-state index in [1.165, 1.54) is 31.3 Å². The summed E-state index contributed by atoms with van der Waals surface area (Å²) in [6.45, 7) is 4.88. The minimum Gasteiger partial charge on any atom is -0.393 e. The maximum absolute atomic E-state index is 11.3. The summed E-state index contributed by atoms with van der Waals surface area (Å²) < 4.78 is 1.83. The van der Waals surface area contributed by atoms with Gasteiger partial charge in [-0.3, -0.25) is 4.68 Å². The molecule has 0 aliphatic heterocycles. The highest BCUT2D eigenvalue weighted by atomic mass is 16.3. The lowest BCUT2D eigenvalue weighted by atomic mass is 9.45. The van der Waals surface area contributed by atoms with Gasteiger partial charge in [0.2, 0.25) is 0 Å². The zero-order valence-corrected chi connectivity index (χ0v) is 17.6. The van der Waals surface area contributed by atoms with Gasteiger partial charge in [0.05, 0.1) is 18.4 Å². The van der Waals surface area contributed by atoms with Crippen molar-refractivity contribution in [3.63, 3.8) is 0 Å². The van der Waals surface area contributed by atoms with Crippen molar-refractivity contribution in [3.8, 4) is 0 Å². The topological polar surface area (TPSA) is 58.3 Å². The van der Waals surface area contributed by atoms with Crippen molar-refractivity contribution >= 4 is 6.08 Å². The highest BCUT2D eigenvalue weighted by molar-refractivity contribution is 5.54. The molecule has 4 heteroatoms. The van der Waals surface area contributed by atoms with Gasteiger partial charge in [0.25, 0.3) is 0 Å². The Morgan fingerprint density at radius 2 is 1.86 bits per heavy atom. The van der Waals surface area contributed by atoms with Gasteiger partial charge in [-0.1, -0.05) is 19.9 Å². The van der Waals surface area contributed by atoms with Crippen molar-refractivity contribution in [2.24, 2.45) is 41.5 Å². The van der Waals surface area contributed by atoms with E-state index in [0.717, 1.165) is 43.1 Å². The first-order chi connectivity index (χ1) is 13.3. The average Bonchev–Trinajstić information content (AvgIpc) is 3.18. The summed E-state index contributed by atoms with van der Waals surface area (Å²) in [5.74, 6) is 2.78. The normalized spacial score (nSPS) is 49.5. The predicted molar refractivity (Wildman–Crippen MR) is 110 cm³/mol. The Labute approximate surface area is 169 Å². The lowest BCUT2D eigenvalue weighted by molar-refractivity contribution is -0.133. The van der Waals surface area contributed by atoms with E-state index in [2.05, 4.69) is 25.0 Å². The van der Waals surface area contributed by atoms with E-state index >= 15 is 0 Å². The van der Waals surface area contributed by atoms with Crippen LogP contribution < -0.4 is 0 Å². The first-order valence-electron chi connectivity index (χ1n) is 11.4. The maximum atomic E-state index is 11.3. The SMILES string of the molecule is Cn1cc(/C=C2/C[C@H]3[C@@H]4CC[C@@H]5C[C@@H](O)CC[C@]5(C)[C@H]4CC[C@]3(C)[C@@H]2O)cn1. The smallest absolute Gasteiger partial charge is 0.0809 e. The molecule has 4 nitrogen and oxygen atoms in total. The molecule has 8 atom stereocenters. The fourth-order valence-corrected chi connectivity index (χ4v) is 7.96. The molecule has 1 aromatic rings. The van der Waals surface area contributed by atoms with Crippen molar-refractivity contribution in [2.45, 2.75) is 77.4 Å². The molecule has 1 heterocycles. The largest absolute Gasteiger partial charge is 0.393 e. The van der Waals surface area contributed by atoms with Crippen LogP contribution >= 0.6 is 0 Å². The molecule has 2 N–H and O–H groups in total. The second kappa shape index (κ2) is 6.43. The van der Waals surface area contributed by atoms with E-state index in [1.807, 2.05) is 24.1 Å². The van der Waals surface area contributed by atoms with Crippen LogP contribution in [-0.4, -0.2) is 32.2 Å². The molecule has 0 aromatic carbocycles. The first-order valence-corrected chi connectivity index (χ1v) is 11.4. The fourth-order valence-electron chi connectivity index (χ4n) is 7.96. The Morgan fingerprint density at radius 1 is 1.07 bits per heavy atom. The van der Waals surface area contributed by atoms with Gasteiger partial charge in [-0.05, 0) is 86.0 Å². The van der Waals surface area contributed by atoms with Crippen molar-refractivity contribution < 1.29 is 10.2 Å². The molecule has 0 radical (unpaired) electrons.